The lowest BCUT2D eigenvalue weighted by Crippen LogP contribution is -2.19. The van der Waals surface area contributed by atoms with Crippen LogP contribution in [-0.2, 0) is 14.6 Å². The third-order valence-corrected chi connectivity index (χ3v) is 7.24. The van der Waals surface area contributed by atoms with Gasteiger partial charge in [-0.3, -0.25) is 4.79 Å². The Balaban J connectivity index is 1.57. The van der Waals surface area contributed by atoms with E-state index in [1.165, 1.54) is 0 Å². The van der Waals surface area contributed by atoms with Crippen LogP contribution >= 0.6 is 0 Å². The average molecular weight is 402 g/mol. The number of rotatable bonds is 7. The van der Waals surface area contributed by atoms with Crippen molar-refractivity contribution in [1.82, 2.24) is 0 Å². The molecule has 0 atom stereocenters. The van der Waals surface area contributed by atoms with Gasteiger partial charge >= 0.3 is 0 Å². The van der Waals surface area contributed by atoms with Gasteiger partial charge in [-0.1, -0.05) is 25.0 Å². The van der Waals surface area contributed by atoms with Crippen LogP contribution in [0.2, 0.25) is 0 Å². The van der Waals surface area contributed by atoms with Crippen molar-refractivity contribution in [3.8, 4) is 5.75 Å². The van der Waals surface area contributed by atoms with Gasteiger partial charge in [-0.25, -0.2) is 8.42 Å². The zero-order valence-corrected chi connectivity index (χ0v) is 17.2. The zero-order valence-electron chi connectivity index (χ0n) is 16.4. The Labute approximate surface area is 167 Å². The van der Waals surface area contributed by atoms with Gasteiger partial charge in [-0.2, -0.15) is 0 Å². The fourth-order valence-electron chi connectivity index (χ4n) is 3.64. The van der Waals surface area contributed by atoms with Gasteiger partial charge in [0.15, 0.2) is 9.84 Å². The van der Waals surface area contributed by atoms with Crippen molar-refractivity contribution in [2.75, 3.05) is 11.9 Å². The highest BCUT2D eigenvalue weighted by Gasteiger charge is 2.30. The van der Waals surface area contributed by atoms with E-state index < -0.39 is 9.84 Å². The number of hydrogen-bond acceptors (Lipinski definition) is 4. The summed E-state index contributed by atoms with van der Waals surface area (Å²) in [5.74, 6) is 0.537. The summed E-state index contributed by atoms with van der Waals surface area (Å²) in [6.07, 6.45) is 3.54. The van der Waals surface area contributed by atoms with Crippen molar-refractivity contribution in [2.45, 2.75) is 56.1 Å². The molecule has 0 aliphatic heterocycles. The van der Waals surface area contributed by atoms with E-state index in [0.717, 1.165) is 29.7 Å². The van der Waals surface area contributed by atoms with Gasteiger partial charge in [0.2, 0.25) is 5.91 Å². The Kier molecular flexibility index (Phi) is 6.39. The van der Waals surface area contributed by atoms with Gasteiger partial charge in [0, 0.05) is 5.69 Å². The fourth-order valence-corrected chi connectivity index (χ4v) is 5.54. The summed E-state index contributed by atoms with van der Waals surface area (Å²) in [6, 6.07) is 12.5. The number of amides is 1. The molecular formula is C22H27NO4S. The van der Waals surface area contributed by atoms with E-state index in [9.17, 15) is 13.2 Å². The van der Waals surface area contributed by atoms with Crippen LogP contribution in [-0.4, -0.2) is 26.2 Å². The molecule has 0 aromatic heterocycles. The largest absolute Gasteiger partial charge is 0.493 e. The summed E-state index contributed by atoms with van der Waals surface area (Å²) in [6.45, 7) is 4.26. The molecule has 28 heavy (non-hydrogen) atoms. The smallest absolute Gasteiger partial charge is 0.227 e. The molecule has 0 heterocycles. The van der Waals surface area contributed by atoms with Gasteiger partial charge in [-0.05, 0) is 68.1 Å². The Morgan fingerprint density at radius 3 is 2.43 bits per heavy atom. The molecule has 2 aromatic carbocycles. The highest BCUT2D eigenvalue weighted by atomic mass is 32.2. The van der Waals surface area contributed by atoms with Crippen LogP contribution in [0.1, 0.15) is 43.2 Å². The van der Waals surface area contributed by atoms with Crippen molar-refractivity contribution >= 4 is 21.4 Å². The first-order valence-corrected chi connectivity index (χ1v) is 11.2. The van der Waals surface area contributed by atoms with Crippen LogP contribution < -0.4 is 10.1 Å². The molecule has 5 nitrogen and oxygen atoms in total. The van der Waals surface area contributed by atoms with Crippen molar-refractivity contribution < 1.29 is 17.9 Å². The number of carbonyl (C=O) groups is 1. The van der Waals surface area contributed by atoms with Crippen LogP contribution in [0.5, 0.6) is 5.75 Å². The van der Waals surface area contributed by atoms with Crippen molar-refractivity contribution in [3.05, 3.63) is 53.6 Å². The molecule has 0 saturated heterocycles. The molecule has 150 valence electrons. The highest BCUT2D eigenvalue weighted by Crippen LogP contribution is 2.30. The third kappa shape index (κ3) is 5.13. The van der Waals surface area contributed by atoms with Gasteiger partial charge in [-0.15, -0.1) is 0 Å². The van der Waals surface area contributed by atoms with Gasteiger partial charge < -0.3 is 10.1 Å². The minimum absolute atomic E-state index is 0.187. The normalized spacial score (nSPS) is 14.8. The van der Waals surface area contributed by atoms with Crippen LogP contribution in [0.15, 0.2) is 47.4 Å². The maximum absolute atomic E-state index is 12.7. The van der Waals surface area contributed by atoms with Crippen LogP contribution in [0, 0.1) is 13.8 Å². The Morgan fingerprint density at radius 2 is 1.75 bits per heavy atom. The first-order valence-electron chi connectivity index (χ1n) is 9.69. The minimum atomic E-state index is -3.33. The predicted octanol–water partition coefficient (Wildman–Crippen LogP) is 4.43. The van der Waals surface area contributed by atoms with Gasteiger partial charge in [0.1, 0.15) is 5.75 Å². The molecule has 2 aromatic rings. The number of ether oxygens (including phenoxy) is 1. The Hall–Kier alpha value is -2.34. The van der Waals surface area contributed by atoms with Crippen molar-refractivity contribution in [1.29, 1.82) is 0 Å². The quantitative estimate of drug-likeness (QED) is 0.745. The lowest BCUT2D eigenvalue weighted by atomic mass is 10.1. The second-order valence-electron chi connectivity index (χ2n) is 7.45. The zero-order chi connectivity index (χ0) is 20.1. The van der Waals surface area contributed by atoms with E-state index in [2.05, 4.69) is 11.4 Å². The van der Waals surface area contributed by atoms with Crippen LogP contribution in [0.3, 0.4) is 0 Å². The highest BCUT2D eigenvalue weighted by molar-refractivity contribution is 7.92. The number of carbonyl (C=O) groups excluding carboxylic acids is 1. The van der Waals surface area contributed by atoms with E-state index in [-0.39, 0.29) is 29.1 Å². The van der Waals surface area contributed by atoms with E-state index in [4.69, 9.17) is 4.74 Å². The number of sulfone groups is 1. The monoisotopic (exact) mass is 401 g/mol. The molecule has 3 rings (SSSR count). The Bertz CT molecular complexity index is 927. The molecule has 6 heteroatoms. The summed E-state index contributed by atoms with van der Waals surface area (Å²) in [5, 5.41) is 2.47. The summed E-state index contributed by atoms with van der Waals surface area (Å²) < 4.78 is 31.1. The molecule has 1 N–H and O–H groups in total. The maximum atomic E-state index is 12.7. The van der Waals surface area contributed by atoms with E-state index in [1.807, 2.05) is 26.0 Å². The summed E-state index contributed by atoms with van der Waals surface area (Å²) >= 11 is 0. The lowest BCUT2D eigenvalue weighted by molar-refractivity contribution is -0.116. The number of nitrogens with one attached hydrogen (secondary N) is 1. The number of anilines is 1. The van der Waals surface area contributed by atoms with Crippen molar-refractivity contribution in [3.63, 3.8) is 0 Å². The number of benzene rings is 2. The standard InChI is InChI=1S/C22H27NO4S/c1-16-12-17(2)14-19(13-16)27-11-10-22(24)23-18-6-5-9-21(15-18)28(25,26)20-7-3-4-8-20/h5-6,9,12-15,20H,3-4,7-8,10-11H2,1-2H3,(H,23,24). The maximum Gasteiger partial charge on any atom is 0.227 e. The first kappa shape index (κ1) is 20.4. The average Bonchev–Trinajstić information content (AvgIpc) is 3.16. The Morgan fingerprint density at radius 1 is 1.07 bits per heavy atom. The SMILES string of the molecule is Cc1cc(C)cc(OCCC(=O)Nc2cccc(S(=O)(=O)C3CCCC3)c2)c1. The molecule has 1 aliphatic carbocycles. The molecule has 1 aliphatic rings. The second kappa shape index (κ2) is 8.78. The van der Waals surface area contributed by atoms with E-state index in [0.29, 0.717) is 18.5 Å². The van der Waals surface area contributed by atoms with E-state index >= 15 is 0 Å². The molecule has 1 saturated carbocycles. The molecule has 0 spiro atoms. The predicted molar refractivity (Wildman–Crippen MR) is 111 cm³/mol. The van der Waals surface area contributed by atoms with Gasteiger partial charge in [0.25, 0.3) is 0 Å². The minimum Gasteiger partial charge on any atom is -0.493 e. The topological polar surface area (TPSA) is 72.5 Å². The second-order valence-corrected chi connectivity index (χ2v) is 9.68. The molecule has 0 bridgehead atoms. The summed E-state index contributed by atoms with van der Waals surface area (Å²) in [7, 11) is -3.33. The molecule has 1 amide bonds. The molecule has 0 radical (unpaired) electrons. The molecule has 1 fully saturated rings. The fraction of sp³-hybridized carbons (Fsp3) is 0.409. The van der Waals surface area contributed by atoms with Crippen LogP contribution in [0.4, 0.5) is 5.69 Å². The van der Waals surface area contributed by atoms with Crippen molar-refractivity contribution in [2.24, 2.45) is 0 Å². The number of hydrogen-bond donors (Lipinski definition) is 1. The van der Waals surface area contributed by atoms with E-state index in [1.54, 1.807) is 24.3 Å². The summed E-state index contributed by atoms with van der Waals surface area (Å²) in [4.78, 5) is 12.5. The third-order valence-electron chi connectivity index (χ3n) is 4.98. The molecular weight excluding hydrogens is 374 g/mol. The number of aryl methyl sites for hydroxylation is 2. The first-order chi connectivity index (χ1) is 13.3. The van der Waals surface area contributed by atoms with Gasteiger partial charge in [0.05, 0.1) is 23.2 Å². The van der Waals surface area contributed by atoms with Crippen LogP contribution in [0.25, 0.3) is 0 Å². The molecule has 0 unspecified atom stereocenters. The lowest BCUT2D eigenvalue weighted by Gasteiger charge is -2.13. The summed E-state index contributed by atoms with van der Waals surface area (Å²) in [5.41, 5.74) is 2.72.